The number of hydrogen-bond donors (Lipinski definition) is 0. The summed E-state index contributed by atoms with van der Waals surface area (Å²) in [7, 11) is 8.92. The monoisotopic (exact) mass is 508 g/mol. The van der Waals surface area contributed by atoms with E-state index in [1.165, 1.54) is 0 Å². The number of halogens is 2. The van der Waals surface area contributed by atoms with Crippen LogP contribution >= 0.6 is 18.8 Å². The second kappa shape index (κ2) is 13.3. The van der Waals surface area contributed by atoms with Crippen molar-refractivity contribution in [3.05, 3.63) is 66.2 Å². The van der Waals surface area contributed by atoms with Crippen LogP contribution in [0.15, 0.2) is 65.6 Å². The quantitative estimate of drug-likeness (QED) is 0.574. The van der Waals surface area contributed by atoms with Gasteiger partial charge < -0.3 is 0 Å². The van der Waals surface area contributed by atoms with Gasteiger partial charge in [-0.05, 0) is 24.3 Å². The first-order valence-electron chi connectivity index (χ1n) is 5.31. The molecule has 0 aliphatic heterocycles. The number of rotatable bonds is 1. The fourth-order valence-electron chi connectivity index (χ4n) is 1.12. The van der Waals surface area contributed by atoms with E-state index in [-0.39, 0.29) is 0 Å². The maximum absolute atomic E-state index is 10.8. The number of benzene rings is 2. The molecule has 0 spiro atoms. The second-order valence-electron chi connectivity index (χ2n) is 3.29. The van der Waals surface area contributed by atoms with Gasteiger partial charge in [-0.1, -0.05) is 36.4 Å². The molecule has 2 rings (SSSR count). The van der Waals surface area contributed by atoms with E-state index in [1.54, 1.807) is 18.4 Å². The van der Waals surface area contributed by atoms with Gasteiger partial charge in [-0.3, -0.25) is 4.21 Å². The third-order valence-electron chi connectivity index (χ3n) is 1.98. The van der Waals surface area contributed by atoms with Gasteiger partial charge in [0.2, 0.25) is 0 Å². The van der Waals surface area contributed by atoms with E-state index < -0.39 is 27.3 Å². The van der Waals surface area contributed by atoms with Crippen LogP contribution < -0.4 is 0 Å². The first-order valence-corrected chi connectivity index (χ1v) is 12.5. The molecule has 0 aliphatic carbocycles. The number of nitrogens with zero attached hydrogens (tertiary/aromatic N) is 1. The van der Waals surface area contributed by atoms with E-state index >= 15 is 0 Å². The van der Waals surface area contributed by atoms with Gasteiger partial charge in [0, 0.05) is 22.0 Å². The van der Waals surface area contributed by atoms with Crippen LogP contribution in [0, 0.1) is 11.3 Å². The molecule has 2 aromatic carbocycles. The molecular formula is C14H13Cl2NOPtS. The van der Waals surface area contributed by atoms with E-state index in [0.29, 0.717) is 5.56 Å². The molecule has 0 heterocycles. The summed E-state index contributed by atoms with van der Waals surface area (Å²) in [6.45, 7) is 0. The van der Waals surface area contributed by atoms with Crippen molar-refractivity contribution in [2.45, 2.75) is 4.90 Å². The van der Waals surface area contributed by atoms with Crippen molar-refractivity contribution in [3.63, 3.8) is 0 Å². The van der Waals surface area contributed by atoms with E-state index in [1.807, 2.05) is 54.6 Å². The van der Waals surface area contributed by atoms with Gasteiger partial charge in [-0.2, -0.15) is 5.26 Å². The van der Waals surface area contributed by atoms with Crippen molar-refractivity contribution in [2.24, 2.45) is 0 Å². The molecule has 6 heteroatoms. The molecule has 1 unspecified atom stereocenters. The first-order chi connectivity index (χ1) is 9.65. The first kappa shape index (κ1) is 19.3. The minimum atomic E-state index is -0.829. The Kier molecular flexibility index (Phi) is 12.9. The van der Waals surface area contributed by atoms with Crippen molar-refractivity contribution in [1.29, 1.82) is 5.26 Å². The summed E-state index contributed by atoms with van der Waals surface area (Å²) in [5, 5.41) is 8.29. The van der Waals surface area contributed by atoms with Gasteiger partial charge in [0.1, 0.15) is 0 Å². The molecule has 1 atom stereocenters. The zero-order chi connectivity index (χ0) is 15.2. The Morgan fingerprint density at radius 3 is 1.65 bits per heavy atom. The fourth-order valence-corrected chi connectivity index (χ4v) is 1.67. The predicted octanol–water partition coefficient (Wildman–Crippen LogP) is 4.36. The van der Waals surface area contributed by atoms with Crippen molar-refractivity contribution in [2.75, 3.05) is 6.26 Å². The standard InChI is InChI=1S/C7H5N.C7H8OS.2ClH.Pt/c8-6-7-4-2-1-3-5-7;1-9(8)7-5-3-2-4-6-7;;;/h1-5H;2-6H,1H3;2*1H;/q;;;;+2/p-2. The molecule has 0 bridgehead atoms. The third-order valence-corrected chi connectivity index (χ3v) is 2.91. The second-order valence-corrected chi connectivity index (χ2v) is 7.95. The molecule has 0 N–H and O–H groups in total. The summed E-state index contributed by atoms with van der Waals surface area (Å²) in [6, 6.07) is 20.6. The predicted molar refractivity (Wildman–Crippen MR) is 81.6 cm³/mol. The van der Waals surface area contributed by atoms with Crippen molar-refractivity contribution >= 4 is 29.6 Å². The Bertz CT molecular complexity index is 532. The zero-order valence-electron chi connectivity index (χ0n) is 10.6. The topological polar surface area (TPSA) is 40.9 Å². The third kappa shape index (κ3) is 10.2. The Labute approximate surface area is 138 Å². The molecule has 0 amide bonds. The summed E-state index contributed by atoms with van der Waals surface area (Å²) in [6.07, 6.45) is 1.68. The van der Waals surface area contributed by atoms with E-state index in [2.05, 4.69) is 0 Å². The molecule has 2 aromatic rings. The Hall–Kier alpha value is -0.652. The molecule has 0 aromatic heterocycles. The van der Waals surface area contributed by atoms with Crippen LogP contribution in [-0.2, 0) is 27.3 Å². The van der Waals surface area contributed by atoms with Crippen molar-refractivity contribution < 1.29 is 20.7 Å². The molecule has 2 nitrogen and oxygen atoms in total. The zero-order valence-corrected chi connectivity index (χ0v) is 15.2. The van der Waals surface area contributed by atoms with Crippen LogP contribution in [0.2, 0.25) is 0 Å². The number of hydrogen-bond acceptors (Lipinski definition) is 2. The van der Waals surface area contributed by atoms with Gasteiger partial charge in [-0.15, -0.1) is 0 Å². The molecule has 20 heavy (non-hydrogen) atoms. The van der Waals surface area contributed by atoms with Crippen LogP contribution in [0.25, 0.3) is 0 Å². The summed E-state index contributed by atoms with van der Waals surface area (Å²) >= 11 is -0.472. The molecular weight excluding hydrogens is 496 g/mol. The van der Waals surface area contributed by atoms with Gasteiger partial charge in [-0.25, -0.2) is 0 Å². The fraction of sp³-hybridized carbons (Fsp3) is 0.0714. The molecule has 0 fully saturated rings. The number of nitriles is 1. The molecule has 0 saturated carbocycles. The summed E-state index contributed by atoms with van der Waals surface area (Å²) in [5.74, 6) is 0. The van der Waals surface area contributed by atoms with Gasteiger partial charge >= 0.3 is 35.3 Å². The van der Waals surface area contributed by atoms with E-state index in [4.69, 9.17) is 24.1 Å². The summed E-state index contributed by atoms with van der Waals surface area (Å²) < 4.78 is 10.8. The normalized spacial score (nSPS) is 10.1. The van der Waals surface area contributed by atoms with Gasteiger partial charge in [0.05, 0.1) is 11.6 Å². The van der Waals surface area contributed by atoms with Crippen molar-refractivity contribution in [3.8, 4) is 6.07 Å². The van der Waals surface area contributed by atoms with Gasteiger partial charge in [0.25, 0.3) is 0 Å². The Balaban J connectivity index is 0.000000304. The Morgan fingerprint density at radius 2 is 1.40 bits per heavy atom. The molecule has 110 valence electrons. The van der Waals surface area contributed by atoms with Crippen LogP contribution in [0.5, 0.6) is 0 Å². The molecule has 0 saturated heterocycles. The van der Waals surface area contributed by atoms with Crippen molar-refractivity contribution in [1.82, 2.24) is 0 Å². The van der Waals surface area contributed by atoms with E-state index in [9.17, 15) is 4.21 Å². The summed E-state index contributed by atoms with van der Waals surface area (Å²) in [5.41, 5.74) is 0.715. The minimum absolute atomic E-state index is 0.472. The van der Waals surface area contributed by atoms with Crippen LogP contribution in [0.1, 0.15) is 5.56 Å². The maximum atomic E-state index is 10.8. The molecule has 0 aliphatic rings. The van der Waals surface area contributed by atoms with Crippen LogP contribution in [0.3, 0.4) is 0 Å². The van der Waals surface area contributed by atoms with Gasteiger partial charge in [0.15, 0.2) is 0 Å². The average molecular weight is 509 g/mol. The van der Waals surface area contributed by atoms with Crippen LogP contribution in [-0.4, -0.2) is 10.5 Å². The molecule has 0 radical (unpaired) electrons. The summed E-state index contributed by atoms with van der Waals surface area (Å²) in [4.78, 5) is 0.887. The Morgan fingerprint density at radius 1 is 1.00 bits per heavy atom. The average Bonchev–Trinajstić information content (AvgIpc) is 2.50. The SMILES string of the molecule is CS(=O)c1ccccc1.N#Cc1ccccc1.[Cl][Pt][Cl]. The van der Waals surface area contributed by atoms with Crippen LogP contribution in [0.4, 0.5) is 0 Å². The van der Waals surface area contributed by atoms with E-state index in [0.717, 1.165) is 4.90 Å².